The normalized spacial score (nSPS) is 11.1. The molecule has 6 rings (SSSR count). The minimum Gasteiger partial charge on any atom is -0.183 e. The summed E-state index contributed by atoms with van der Waals surface area (Å²) >= 11 is 0. The Morgan fingerprint density at radius 3 is 2.10 bits per heavy atom. The molecule has 6 aromatic rings. The van der Waals surface area contributed by atoms with E-state index in [2.05, 4.69) is 85.8 Å². The molecular weight excluding hydrogens is 502 g/mol. The molecule has 0 amide bonds. The van der Waals surface area contributed by atoms with Crippen LogP contribution in [0.25, 0.3) is 54.2 Å². The van der Waals surface area contributed by atoms with Crippen molar-refractivity contribution in [3.05, 3.63) is 96.6 Å². The van der Waals surface area contributed by atoms with Crippen LogP contribution in [0.3, 0.4) is 0 Å². The Bertz CT molecular complexity index is 1460. The maximum absolute atomic E-state index is 3.16. The first-order chi connectivity index (χ1) is 13.3. The molecule has 0 aliphatic rings. The van der Waals surface area contributed by atoms with Crippen LogP contribution in [0.4, 0.5) is 0 Å². The van der Waals surface area contributed by atoms with E-state index < -0.39 is 0 Å². The number of hydrogen-bond donors (Lipinski definition) is 0. The maximum atomic E-state index is 3.16. The van der Waals surface area contributed by atoms with Crippen LogP contribution in [0.15, 0.2) is 84.9 Å². The third kappa shape index (κ3) is 3.39. The molecule has 0 saturated carbocycles. The Morgan fingerprint density at radius 2 is 1.28 bits per heavy atom. The molecule has 0 aliphatic carbocycles. The quantitative estimate of drug-likeness (QED) is 0.156. The van der Waals surface area contributed by atoms with Gasteiger partial charge in [0.25, 0.3) is 0 Å². The first kappa shape index (κ1) is 21.1. The zero-order valence-corrected chi connectivity index (χ0v) is 21.9. The molecule has 0 aromatic heterocycles. The van der Waals surface area contributed by atoms with Crippen molar-refractivity contribution in [2.75, 3.05) is 0 Å². The van der Waals surface area contributed by atoms with Crippen LogP contribution in [0.5, 0.6) is 0 Å². The number of aryl methyl sites for hydroxylation is 1. The largest absolute Gasteiger partial charge is 0.183 e. The molecule has 0 fully saturated rings. The van der Waals surface area contributed by atoms with Gasteiger partial charge in [-0.25, -0.2) is 0 Å². The van der Waals surface area contributed by atoms with Crippen molar-refractivity contribution < 1.29 is 65.4 Å². The fourth-order valence-corrected chi connectivity index (χ4v) is 4.52. The number of benzene rings is 6. The van der Waals surface area contributed by atoms with Crippen LogP contribution in [0.1, 0.15) is 5.56 Å². The van der Waals surface area contributed by atoms with Gasteiger partial charge in [-0.15, -0.1) is 16.8 Å². The van der Waals surface area contributed by atoms with Crippen molar-refractivity contribution in [2.24, 2.45) is 0 Å². The molecule has 0 saturated heterocycles. The SMILES string of the molecule is Cc1cc2ccc3ccc(-c4ccc5c[c-]ccc5c4)c4ccc(c1)c2c34.[Y].[Y]. The van der Waals surface area contributed by atoms with E-state index in [1.165, 1.54) is 59.8 Å². The van der Waals surface area contributed by atoms with Gasteiger partial charge >= 0.3 is 0 Å². The van der Waals surface area contributed by atoms with Gasteiger partial charge in [-0.2, -0.15) is 24.3 Å². The third-order valence-electron chi connectivity index (χ3n) is 5.74. The van der Waals surface area contributed by atoms with Gasteiger partial charge in [0.15, 0.2) is 0 Å². The molecule has 29 heavy (non-hydrogen) atoms. The van der Waals surface area contributed by atoms with Crippen LogP contribution in [-0.2, 0) is 65.4 Å². The van der Waals surface area contributed by atoms with Crippen LogP contribution >= 0.6 is 0 Å². The van der Waals surface area contributed by atoms with E-state index in [0.717, 1.165) is 0 Å². The zero-order valence-electron chi connectivity index (χ0n) is 16.2. The van der Waals surface area contributed by atoms with Crippen molar-refractivity contribution in [3.63, 3.8) is 0 Å². The van der Waals surface area contributed by atoms with Crippen LogP contribution in [0, 0.1) is 13.0 Å². The Labute approximate surface area is 220 Å². The number of hydrogen-bond acceptors (Lipinski definition) is 0. The van der Waals surface area contributed by atoms with Crippen molar-refractivity contribution >= 4 is 43.1 Å². The summed E-state index contributed by atoms with van der Waals surface area (Å²) in [4.78, 5) is 0. The van der Waals surface area contributed by atoms with Crippen molar-refractivity contribution in [3.8, 4) is 11.1 Å². The van der Waals surface area contributed by atoms with E-state index in [0.29, 0.717) is 0 Å². The maximum Gasteiger partial charge on any atom is 0 e. The summed E-state index contributed by atoms with van der Waals surface area (Å²) in [5.74, 6) is 0. The summed E-state index contributed by atoms with van der Waals surface area (Å²) in [6.45, 7) is 2.17. The van der Waals surface area contributed by atoms with Crippen LogP contribution < -0.4 is 0 Å². The Kier molecular flexibility index (Phi) is 5.93. The second-order valence-corrected chi connectivity index (χ2v) is 7.46. The molecule has 6 aromatic carbocycles. The predicted octanol–water partition coefficient (Wildman–Crippen LogP) is 7.51. The van der Waals surface area contributed by atoms with Crippen molar-refractivity contribution in [2.45, 2.75) is 6.92 Å². The molecule has 0 bridgehead atoms. The van der Waals surface area contributed by atoms with Gasteiger partial charge in [0.05, 0.1) is 0 Å². The minimum absolute atomic E-state index is 0. The van der Waals surface area contributed by atoms with Gasteiger partial charge in [-0.3, -0.25) is 0 Å². The molecule has 0 aliphatic heterocycles. The molecule has 2 radical (unpaired) electrons. The Hall–Kier alpha value is -1.17. The van der Waals surface area contributed by atoms with Gasteiger partial charge in [0, 0.05) is 65.4 Å². The molecule has 0 N–H and O–H groups in total. The molecule has 0 spiro atoms. The van der Waals surface area contributed by atoms with Crippen LogP contribution in [-0.4, -0.2) is 0 Å². The summed E-state index contributed by atoms with van der Waals surface area (Å²) in [5, 5.41) is 10.5. The van der Waals surface area contributed by atoms with Gasteiger partial charge in [0.1, 0.15) is 0 Å². The number of rotatable bonds is 1. The minimum atomic E-state index is 0. The second kappa shape index (κ2) is 8.16. The average Bonchev–Trinajstić information content (AvgIpc) is 2.71. The van der Waals surface area contributed by atoms with Gasteiger partial charge in [-0.05, 0) is 55.9 Å². The van der Waals surface area contributed by atoms with E-state index in [1.807, 2.05) is 12.1 Å². The van der Waals surface area contributed by atoms with E-state index in [9.17, 15) is 0 Å². The molecular formula is C27H17Y2-. The molecule has 0 nitrogen and oxygen atoms in total. The van der Waals surface area contributed by atoms with Crippen molar-refractivity contribution in [1.29, 1.82) is 0 Å². The fraction of sp³-hybridized carbons (Fsp3) is 0.0370. The summed E-state index contributed by atoms with van der Waals surface area (Å²) < 4.78 is 0. The second-order valence-electron chi connectivity index (χ2n) is 7.46. The average molecular weight is 519 g/mol. The van der Waals surface area contributed by atoms with Gasteiger partial charge in [0.2, 0.25) is 0 Å². The van der Waals surface area contributed by atoms with Gasteiger partial charge in [-0.1, -0.05) is 60.7 Å². The van der Waals surface area contributed by atoms with Crippen molar-refractivity contribution in [1.82, 2.24) is 0 Å². The number of fused-ring (bicyclic) bond motifs is 1. The van der Waals surface area contributed by atoms with E-state index >= 15 is 0 Å². The third-order valence-corrected chi connectivity index (χ3v) is 5.74. The van der Waals surface area contributed by atoms with E-state index in [4.69, 9.17) is 0 Å². The zero-order chi connectivity index (χ0) is 18.0. The van der Waals surface area contributed by atoms with E-state index in [-0.39, 0.29) is 65.4 Å². The topological polar surface area (TPSA) is 0 Å². The summed E-state index contributed by atoms with van der Waals surface area (Å²) in [6, 6.07) is 34.2. The predicted molar refractivity (Wildman–Crippen MR) is 117 cm³/mol. The molecule has 0 unspecified atom stereocenters. The van der Waals surface area contributed by atoms with E-state index in [1.54, 1.807) is 0 Å². The standard InChI is InChI=1S/C27H17.2Y/c1-17-14-22-9-7-19-10-12-24(25-13-11-23(15-17)26(22)27(19)25)21-8-6-18-4-2-3-5-20(18)16-21;;/h3-16H,1H3;;/q-1;;. The summed E-state index contributed by atoms with van der Waals surface area (Å²) in [6.07, 6.45) is 0. The van der Waals surface area contributed by atoms with Crippen LogP contribution in [0.2, 0.25) is 0 Å². The van der Waals surface area contributed by atoms with Gasteiger partial charge < -0.3 is 0 Å². The molecule has 132 valence electrons. The first-order valence-corrected chi connectivity index (χ1v) is 9.36. The Morgan fingerprint density at radius 1 is 0.586 bits per heavy atom. The Balaban J connectivity index is 0.00000102. The molecule has 0 heterocycles. The fourth-order valence-electron chi connectivity index (χ4n) is 4.52. The monoisotopic (exact) mass is 519 g/mol. The molecule has 0 atom stereocenters. The summed E-state index contributed by atoms with van der Waals surface area (Å²) in [7, 11) is 0. The molecule has 2 heteroatoms. The summed E-state index contributed by atoms with van der Waals surface area (Å²) in [5.41, 5.74) is 3.88. The smallest absolute Gasteiger partial charge is 0 e. The first-order valence-electron chi connectivity index (χ1n) is 9.36.